The van der Waals surface area contributed by atoms with Crippen molar-refractivity contribution in [3.8, 4) is 0 Å². The van der Waals surface area contributed by atoms with Gasteiger partial charge in [0.2, 0.25) is 5.78 Å². The van der Waals surface area contributed by atoms with E-state index in [1.54, 1.807) is 13.0 Å². The molecule has 94 valence electrons. The van der Waals surface area contributed by atoms with Gasteiger partial charge in [0.05, 0.1) is 4.88 Å². The summed E-state index contributed by atoms with van der Waals surface area (Å²) >= 11 is 4.73. The minimum absolute atomic E-state index is 0.209. The van der Waals surface area contributed by atoms with Crippen LogP contribution in [0.25, 0.3) is 0 Å². The van der Waals surface area contributed by atoms with Crippen LogP contribution >= 0.6 is 27.3 Å². The molecule has 0 spiro atoms. The number of ketones is 1. The van der Waals surface area contributed by atoms with Gasteiger partial charge in [-0.15, -0.1) is 11.3 Å². The first-order chi connectivity index (χ1) is 8.40. The summed E-state index contributed by atoms with van der Waals surface area (Å²) in [4.78, 5) is 13.8. The number of anilines is 1. The van der Waals surface area contributed by atoms with Gasteiger partial charge in [-0.25, -0.2) is 4.39 Å². The first kappa shape index (κ1) is 13.2. The van der Waals surface area contributed by atoms with Crippen LogP contribution in [0, 0.1) is 19.7 Å². The monoisotopic (exact) mass is 327 g/mol. The van der Waals surface area contributed by atoms with Crippen LogP contribution in [-0.2, 0) is 0 Å². The molecule has 1 heterocycles. The summed E-state index contributed by atoms with van der Waals surface area (Å²) in [5.74, 6) is -0.662. The van der Waals surface area contributed by atoms with Gasteiger partial charge in [-0.2, -0.15) is 0 Å². The van der Waals surface area contributed by atoms with E-state index in [0.717, 1.165) is 9.35 Å². The lowest BCUT2D eigenvalue weighted by atomic mass is 10.1. The molecule has 0 atom stereocenters. The second-order valence-corrected chi connectivity index (χ2v) is 6.13. The number of rotatable bonds is 2. The van der Waals surface area contributed by atoms with Crippen molar-refractivity contribution in [1.29, 1.82) is 0 Å². The summed E-state index contributed by atoms with van der Waals surface area (Å²) in [5.41, 5.74) is 6.62. The first-order valence-corrected chi connectivity index (χ1v) is 6.87. The lowest BCUT2D eigenvalue weighted by molar-refractivity contribution is 0.104. The smallest absolute Gasteiger partial charge is 0.203 e. The highest BCUT2D eigenvalue weighted by Crippen LogP contribution is 2.29. The van der Waals surface area contributed by atoms with Gasteiger partial charge in [0.1, 0.15) is 5.82 Å². The zero-order chi connectivity index (χ0) is 13.4. The molecule has 0 fully saturated rings. The van der Waals surface area contributed by atoms with Gasteiger partial charge >= 0.3 is 0 Å². The average Bonchev–Trinajstić information content (AvgIpc) is 2.65. The average molecular weight is 328 g/mol. The van der Waals surface area contributed by atoms with Crippen molar-refractivity contribution < 1.29 is 9.18 Å². The van der Waals surface area contributed by atoms with Crippen LogP contribution in [0.1, 0.15) is 25.7 Å². The number of aryl methyl sites for hydroxylation is 1. The van der Waals surface area contributed by atoms with Gasteiger partial charge in [0.25, 0.3) is 0 Å². The number of carbonyl (C=O) groups is 1. The molecule has 0 saturated heterocycles. The van der Waals surface area contributed by atoms with E-state index in [9.17, 15) is 9.18 Å². The van der Waals surface area contributed by atoms with Gasteiger partial charge in [-0.1, -0.05) is 0 Å². The Hall–Kier alpha value is -1.20. The number of hydrogen-bond acceptors (Lipinski definition) is 3. The summed E-state index contributed by atoms with van der Waals surface area (Å²) < 4.78 is 14.4. The van der Waals surface area contributed by atoms with E-state index in [1.807, 2.05) is 6.92 Å². The quantitative estimate of drug-likeness (QED) is 0.667. The molecule has 0 amide bonds. The molecule has 5 heteroatoms. The Balaban J connectivity index is 2.46. The Morgan fingerprint density at radius 2 is 2.00 bits per heavy atom. The molecule has 1 aromatic carbocycles. The molecule has 2 aromatic rings. The molecule has 1 aromatic heterocycles. The van der Waals surface area contributed by atoms with Crippen LogP contribution < -0.4 is 5.73 Å². The second-order valence-electron chi connectivity index (χ2n) is 4.02. The minimum Gasteiger partial charge on any atom is -0.398 e. The summed E-state index contributed by atoms with van der Waals surface area (Å²) in [6.45, 7) is 3.50. The highest BCUT2D eigenvalue weighted by atomic mass is 79.9. The lowest BCUT2D eigenvalue weighted by Gasteiger charge is -2.05. The van der Waals surface area contributed by atoms with E-state index in [4.69, 9.17) is 5.73 Å². The zero-order valence-corrected chi connectivity index (χ0v) is 12.3. The Kier molecular flexibility index (Phi) is 3.54. The van der Waals surface area contributed by atoms with Gasteiger partial charge in [-0.3, -0.25) is 4.79 Å². The van der Waals surface area contributed by atoms with E-state index in [1.165, 1.54) is 23.5 Å². The number of thiophene rings is 1. The van der Waals surface area contributed by atoms with Crippen molar-refractivity contribution in [3.63, 3.8) is 0 Å². The van der Waals surface area contributed by atoms with Crippen molar-refractivity contribution in [2.24, 2.45) is 0 Å². The maximum atomic E-state index is 13.6. The molecule has 0 unspecified atom stereocenters. The SMILES string of the molecule is Cc1sc(C(=O)c2cc(N)c(C)c(F)c2)cc1Br. The maximum Gasteiger partial charge on any atom is 0.203 e. The zero-order valence-electron chi connectivity index (χ0n) is 9.88. The van der Waals surface area contributed by atoms with Crippen molar-refractivity contribution in [1.82, 2.24) is 0 Å². The highest BCUT2D eigenvalue weighted by molar-refractivity contribution is 9.10. The summed E-state index contributed by atoms with van der Waals surface area (Å²) in [5, 5.41) is 0. The molecule has 2 rings (SSSR count). The second kappa shape index (κ2) is 4.82. The summed E-state index contributed by atoms with van der Waals surface area (Å²) in [7, 11) is 0. The van der Waals surface area contributed by atoms with Crippen LogP contribution in [0.3, 0.4) is 0 Å². The number of carbonyl (C=O) groups excluding carboxylic acids is 1. The lowest BCUT2D eigenvalue weighted by Crippen LogP contribution is -2.03. The number of benzene rings is 1. The van der Waals surface area contributed by atoms with Crippen molar-refractivity contribution >= 4 is 38.7 Å². The molecule has 0 saturated carbocycles. The van der Waals surface area contributed by atoms with E-state index < -0.39 is 5.82 Å². The normalized spacial score (nSPS) is 10.7. The third-order valence-electron chi connectivity index (χ3n) is 2.73. The van der Waals surface area contributed by atoms with Gasteiger partial charge in [0, 0.05) is 26.2 Å². The number of hydrogen-bond donors (Lipinski definition) is 1. The number of halogens is 2. The molecule has 0 radical (unpaired) electrons. The Labute approximate surface area is 117 Å². The molecule has 2 N–H and O–H groups in total. The maximum absolute atomic E-state index is 13.6. The minimum atomic E-state index is -0.453. The highest BCUT2D eigenvalue weighted by Gasteiger charge is 2.16. The fourth-order valence-electron chi connectivity index (χ4n) is 1.55. The Morgan fingerprint density at radius 3 is 2.50 bits per heavy atom. The van der Waals surface area contributed by atoms with E-state index in [-0.39, 0.29) is 11.3 Å². The van der Waals surface area contributed by atoms with Crippen LogP contribution in [0.4, 0.5) is 10.1 Å². The summed E-state index contributed by atoms with van der Waals surface area (Å²) in [6.07, 6.45) is 0. The molecule has 0 bridgehead atoms. The van der Waals surface area contributed by atoms with Crippen molar-refractivity contribution in [2.45, 2.75) is 13.8 Å². The summed E-state index contributed by atoms with van der Waals surface area (Å²) in [6, 6.07) is 4.50. The molecule has 0 aliphatic carbocycles. The Morgan fingerprint density at radius 1 is 1.33 bits per heavy atom. The molecule has 2 nitrogen and oxygen atoms in total. The molecule has 0 aliphatic heterocycles. The molecule has 18 heavy (non-hydrogen) atoms. The molecular formula is C13H11BrFNOS. The van der Waals surface area contributed by atoms with Gasteiger partial charge < -0.3 is 5.73 Å². The van der Waals surface area contributed by atoms with E-state index in [2.05, 4.69) is 15.9 Å². The predicted molar refractivity (Wildman–Crippen MR) is 75.7 cm³/mol. The van der Waals surface area contributed by atoms with Crippen LogP contribution in [0.15, 0.2) is 22.7 Å². The van der Waals surface area contributed by atoms with Gasteiger partial charge in [-0.05, 0) is 48.0 Å². The third kappa shape index (κ3) is 2.33. The fourth-order valence-corrected chi connectivity index (χ4v) is 3.04. The number of nitrogen functional groups attached to an aromatic ring is 1. The standard InChI is InChI=1S/C13H11BrFNOS/c1-6-10(15)3-8(4-11(6)16)13(17)12-5-9(14)7(2)18-12/h3-5H,16H2,1-2H3. The fraction of sp³-hybridized carbons (Fsp3) is 0.154. The van der Waals surface area contributed by atoms with E-state index >= 15 is 0 Å². The van der Waals surface area contributed by atoms with Crippen molar-refractivity contribution in [3.05, 3.63) is 49.4 Å². The predicted octanol–water partition coefficient (Wildman–Crippen LogP) is 4.08. The first-order valence-electron chi connectivity index (χ1n) is 5.26. The van der Waals surface area contributed by atoms with Crippen LogP contribution in [0.5, 0.6) is 0 Å². The molecular weight excluding hydrogens is 317 g/mol. The van der Waals surface area contributed by atoms with Crippen molar-refractivity contribution in [2.75, 3.05) is 5.73 Å². The van der Waals surface area contributed by atoms with Gasteiger partial charge in [0.15, 0.2) is 0 Å². The third-order valence-corrected chi connectivity index (χ3v) is 4.86. The Bertz CT molecular complexity index is 593. The number of nitrogens with two attached hydrogens (primary N) is 1. The van der Waals surface area contributed by atoms with E-state index in [0.29, 0.717) is 16.1 Å². The molecule has 0 aliphatic rings. The topological polar surface area (TPSA) is 43.1 Å². The van der Waals surface area contributed by atoms with Crippen LogP contribution in [0.2, 0.25) is 0 Å². The van der Waals surface area contributed by atoms with Crippen LogP contribution in [-0.4, -0.2) is 5.78 Å². The largest absolute Gasteiger partial charge is 0.398 e.